The molecule has 0 spiro atoms. The summed E-state index contributed by atoms with van der Waals surface area (Å²) in [6.45, 7) is 0.348. The summed E-state index contributed by atoms with van der Waals surface area (Å²) in [6, 6.07) is 2.73. The van der Waals surface area contributed by atoms with Crippen LogP contribution in [0.15, 0.2) is 16.6 Å². The molecule has 1 unspecified atom stereocenters. The molecule has 0 radical (unpaired) electrons. The molecule has 0 aliphatic carbocycles. The number of carbonyl (C=O) groups excluding carboxylic acids is 1. The summed E-state index contributed by atoms with van der Waals surface area (Å²) >= 11 is 13.3. The molecule has 1 saturated heterocycles. The third kappa shape index (κ3) is 2.48. The lowest BCUT2D eigenvalue weighted by Gasteiger charge is -2.16. The maximum Gasteiger partial charge on any atom is 0.294 e. The van der Waals surface area contributed by atoms with Crippen molar-refractivity contribution in [1.82, 2.24) is 0 Å². The highest BCUT2D eigenvalue weighted by molar-refractivity contribution is 9.10. The van der Waals surface area contributed by atoms with Gasteiger partial charge in [-0.3, -0.25) is 14.9 Å². The van der Waals surface area contributed by atoms with E-state index in [4.69, 9.17) is 11.6 Å². The fourth-order valence-electron chi connectivity index (χ4n) is 1.81. The second kappa shape index (κ2) is 5.07. The van der Waals surface area contributed by atoms with E-state index in [1.165, 1.54) is 17.0 Å². The van der Waals surface area contributed by atoms with Crippen molar-refractivity contribution in [3.63, 3.8) is 0 Å². The van der Waals surface area contributed by atoms with Gasteiger partial charge in [-0.2, -0.15) is 12.6 Å². The highest BCUT2D eigenvalue weighted by Gasteiger charge is 2.33. The summed E-state index contributed by atoms with van der Waals surface area (Å²) in [5.74, 6) is -0.184. The smallest absolute Gasteiger partial charge is 0.294 e. The Hall–Kier alpha value is -0.790. The maximum absolute atomic E-state index is 11.8. The Morgan fingerprint density at radius 3 is 2.72 bits per heavy atom. The molecule has 1 aliphatic rings. The third-order valence-electron chi connectivity index (χ3n) is 2.61. The number of hydrogen-bond donors (Lipinski definition) is 1. The Morgan fingerprint density at radius 2 is 2.22 bits per heavy atom. The average Bonchev–Trinajstić information content (AvgIpc) is 2.61. The van der Waals surface area contributed by atoms with Gasteiger partial charge < -0.3 is 4.90 Å². The van der Waals surface area contributed by atoms with Crippen LogP contribution in [-0.2, 0) is 4.79 Å². The average molecular weight is 352 g/mol. The van der Waals surface area contributed by atoms with E-state index in [1.807, 2.05) is 0 Å². The first-order valence-electron chi connectivity index (χ1n) is 5.02. The Kier molecular flexibility index (Phi) is 3.84. The van der Waals surface area contributed by atoms with Crippen LogP contribution in [0.3, 0.4) is 0 Å². The molecule has 1 aromatic carbocycles. The van der Waals surface area contributed by atoms with Gasteiger partial charge in [-0.1, -0.05) is 11.6 Å². The largest absolute Gasteiger partial charge is 0.305 e. The molecule has 8 heteroatoms. The van der Waals surface area contributed by atoms with Crippen LogP contribution in [0, 0.1) is 10.1 Å². The van der Waals surface area contributed by atoms with Gasteiger partial charge in [0.15, 0.2) is 0 Å². The highest BCUT2D eigenvalue weighted by atomic mass is 79.9. The zero-order valence-electron chi connectivity index (χ0n) is 8.97. The van der Waals surface area contributed by atoms with E-state index in [0.717, 1.165) is 0 Å². The lowest BCUT2D eigenvalue weighted by Crippen LogP contribution is -2.25. The van der Waals surface area contributed by atoms with E-state index in [2.05, 4.69) is 28.6 Å². The number of rotatable bonds is 2. The number of halogens is 2. The lowest BCUT2D eigenvalue weighted by atomic mass is 10.2. The van der Waals surface area contributed by atoms with E-state index in [1.54, 1.807) is 0 Å². The molecule has 1 amide bonds. The number of hydrogen-bond acceptors (Lipinski definition) is 4. The van der Waals surface area contributed by atoms with Crippen molar-refractivity contribution >= 4 is 57.4 Å². The van der Waals surface area contributed by atoms with Crippen LogP contribution in [0.4, 0.5) is 11.4 Å². The van der Waals surface area contributed by atoms with E-state index in [9.17, 15) is 14.9 Å². The Bertz CT molecular complexity index is 540. The normalized spacial score (nSPS) is 19.4. The molecule has 0 saturated carbocycles. The molecule has 18 heavy (non-hydrogen) atoms. The fraction of sp³-hybridized carbons (Fsp3) is 0.300. The van der Waals surface area contributed by atoms with Crippen LogP contribution >= 0.6 is 40.2 Å². The van der Waals surface area contributed by atoms with E-state index in [-0.39, 0.29) is 29.0 Å². The van der Waals surface area contributed by atoms with Gasteiger partial charge in [0.2, 0.25) is 5.91 Å². The van der Waals surface area contributed by atoms with Gasteiger partial charge in [-0.25, -0.2) is 0 Å². The fourth-order valence-corrected chi connectivity index (χ4v) is 2.62. The number of anilines is 1. The number of carbonyl (C=O) groups is 1. The Labute approximate surface area is 122 Å². The lowest BCUT2D eigenvalue weighted by molar-refractivity contribution is -0.384. The van der Waals surface area contributed by atoms with Crippen molar-refractivity contribution in [1.29, 1.82) is 0 Å². The van der Waals surface area contributed by atoms with Gasteiger partial charge in [0.25, 0.3) is 5.69 Å². The number of benzene rings is 1. The molecule has 1 fully saturated rings. The predicted octanol–water partition coefficient (Wildman–Crippen LogP) is 3.05. The van der Waals surface area contributed by atoms with Crippen LogP contribution < -0.4 is 4.90 Å². The zero-order valence-corrected chi connectivity index (χ0v) is 12.2. The summed E-state index contributed by atoms with van der Waals surface area (Å²) < 4.78 is 0.425. The van der Waals surface area contributed by atoms with Gasteiger partial charge in [0, 0.05) is 28.8 Å². The van der Waals surface area contributed by atoms with Crippen LogP contribution in [0.5, 0.6) is 0 Å². The van der Waals surface area contributed by atoms with Gasteiger partial charge in [0.1, 0.15) is 5.69 Å². The number of nitro groups is 1. The molecular weight excluding hydrogens is 344 g/mol. The van der Waals surface area contributed by atoms with Crippen molar-refractivity contribution in [2.75, 3.05) is 11.4 Å². The van der Waals surface area contributed by atoms with Gasteiger partial charge in [-0.05, 0) is 22.0 Å². The summed E-state index contributed by atoms with van der Waals surface area (Å²) in [5.41, 5.74) is 0.0665. The predicted molar refractivity (Wildman–Crippen MR) is 75.6 cm³/mol. The number of thiol groups is 1. The minimum atomic E-state index is -0.532. The summed E-state index contributed by atoms with van der Waals surface area (Å²) in [5, 5.41) is 11.2. The summed E-state index contributed by atoms with van der Waals surface area (Å²) in [6.07, 6.45) is 0.272. The van der Waals surface area contributed by atoms with Crippen molar-refractivity contribution in [2.45, 2.75) is 11.7 Å². The molecule has 0 aromatic heterocycles. The second-order valence-corrected chi connectivity index (χ2v) is 5.87. The first-order chi connectivity index (χ1) is 8.40. The van der Waals surface area contributed by atoms with E-state index in [0.29, 0.717) is 16.0 Å². The molecule has 1 atom stereocenters. The molecule has 1 heterocycles. The van der Waals surface area contributed by atoms with Crippen LogP contribution in [0.25, 0.3) is 0 Å². The minimum Gasteiger partial charge on any atom is -0.305 e. The summed E-state index contributed by atoms with van der Waals surface area (Å²) in [4.78, 5) is 23.6. The van der Waals surface area contributed by atoms with Crippen molar-refractivity contribution in [3.05, 3.63) is 31.7 Å². The molecule has 96 valence electrons. The highest BCUT2D eigenvalue weighted by Crippen LogP contribution is 2.38. The number of amides is 1. The van der Waals surface area contributed by atoms with Crippen molar-refractivity contribution < 1.29 is 9.72 Å². The standard InChI is InChI=1S/C10H8BrClN2O3S/c11-6-2-9(14(16)17)8(3-7(6)12)13-4-5(18)1-10(13)15/h2-3,5,18H,1,4H2. The van der Waals surface area contributed by atoms with Crippen LogP contribution in [-0.4, -0.2) is 22.6 Å². The zero-order chi connectivity index (χ0) is 13.4. The van der Waals surface area contributed by atoms with E-state index >= 15 is 0 Å². The maximum atomic E-state index is 11.8. The van der Waals surface area contributed by atoms with E-state index < -0.39 is 4.92 Å². The van der Waals surface area contributed by atoms with Gasteiger partial charge in [-0.15, -0.1) is 0 Å². The second-order valence-electron chi connectivity index (χ2n) is 3.87. The van der Waals surface area contributed by atoms with Gasteiger partial charge >= 0.3 is 0 Å². The minimum absolute atomic E-state index is 0.112. The molecular formula is C10H8BrClN2O3S. The molecule has 1 aromatic rings. The quantitative estimate of drug-likeness (QED) is 0.506. The van der Waals surface area contributed by atoms with Crippen molar-refractivity contribution in [2.24, 2.45) is 0 Å². The summed E-state index contributed by atoms with van der Waals surface area (Å²) in [7, 11) is 0. The topological polar surface area (TPSA) is 63.5 Å². The van der Waals surface area contributed by atoms with Crippen LogP contribution in [0.2, 0.25) is 5.02 Å². The number of nitrogens with zero attached hydrogens (tertiary/aromatic N) is 2. The molecule has 0 N–H and O–H groups in total. The first kappa shape index (κ1) is 13.6. The molecule has 0 bridgehead atoms. The monoisotopic (exact) mass is 350 g/mol. The third-order valence-corrected chi connectivity index (χ3v) is 4.15. The van der Waals surface area contributed by atoms with Crippen LogP contribution in [0.1, 0.15) is 6.42 Å². The number of nitro benzene ring substituents is 1. The molecule has 2 rings (SSSR count). The molecule has 1 aliphatic heterocycles. The molecule has 5 nitrogen and oxygen atoms in total. The van der Waals surface area contributed by atoms with Gasteiger partial charge in [0.05, 0.1) is 9.95 Å². The SMILES string of the molecule is O=C1CC(S)CN1c1cc(Cl)c(Br)cc1[N+](=O)[O-]. The Morgan fingerprint density at radius 1 is 1.56 bits per heavy atom. The first-order valence-corrected chi connectivity index (χ1v) is 6.70. The van der Waals surface area contributed by atoms with Crippen molar-refractivity contribution in [3.8, 4) is 0 Å². The Balaban J connectivity index is 2.52.